The van der Waals surface area contributed by atoms with Gasteiger partial charge in [-0.3, -0.25) is 0 Å². The van der Waals surface area contributed by atoms with E-state index in [1.807, 2.05) is 0 Å². The summed E-state index contributed by atoms with van der Waals surface area (Å²) in [5.74, 6) is 4.09. The third-order valence-electron chi connectivity index (χ3n) is 7.01. The Morgan fingerprint density at radius 2 is 1.00 bits per heavy atom. The monoisotopic (exact) mass is 292 g/mol. The highest BCUT2D eigenvalue weighted by molar-refractivity contribution is 4.82. The minimum atomic E-state index is 0.0214. The summed E-state index contributed by atoms with van der Waals surface area (Å²) >= 11 is 0. The molecule has 3 aliphatic carbocycles. The first-order valence-electron chi connectivity index (χ1n) is 9.99. The molecule has 3 rings (SSSR count). The van der Waals surface area contributed by atoms with Crippen LogP contribution in [0.1, 0.15) is 96.3 Å². The molecular weight excluding hydrogens is 256 g/mol. The minimum Gasteiger partial charge on any atom is -0.393 e. The average molecular weight is 293 g/mol. The Hall–Kier alpha value is -0.0400. The summed E-state index contributed by atoms with van der Waals surface area (Å²) in [6.07, 6.45) is 21.4. The van der Waals surface area contributed by atoms with Gasteiger partial charge in [0.15, 0.2) is 0 Å². The molecule has 0 aromatic carbocycles. The van der Waals surface area contributed by atoms with Gasteiger partial charge < -0.3 is 5.11 Å². The van der Waals surface area contributed by atoms with Crippen LogP contribution in [-0.2, 0) is 0 Å². The van der Waals surface area contributed by atoms with E-state index in [0.717, 1.165) is 36.5 Å². The molecule has 0 radical (unpaired) electrons. The normalized spacial score (nSPS) is 39.3. The first-order valence-corrected chi connectivity index (χ1v) is 9.99. The highest BCUT2D eigenvalue weighted by atomic mass is 16.3. The molecule has 3 aliphatic rings. The summed E-state index contributed by atoms with van der Waals surface area (Å²) in [6.45, 7) is 0. The Balaban J connectivity index is 1.33. The lowest BCUT2D eigenvalue weighted by atomic mass is 9.69. The van der Waals surface area contributed by atoms with Crippen LogP contribution < -0.4 is 0 Å². The second-order valence-electron chi connectivity index (χ2n) is 8.43. The Labute approximate surface area is 131 Å². The van der Waals surface area contributed by atoms with Gasteiger partial charge in [0.2, 0.25) is 0 Å². The summed E-state index contributed by atoms with van der Waals surface area (Å²) < 4.78 is 0. The van der Waals surface area contributed by atoms with Crippen LogP contribution in [0.4, 0.5) is 0 Å². The molecule has 0 saturated heterocycles. The Morgan fingerprint density at radius 3 is 1.57 bits per heavy atom. The molecule has 21 heavy (non-hydrogen) atoms. The summed E-state index contributed by atoms with van der Waals surface area (Å²) in [7, 11) is 0. The van der Waals surface area contributed by atoms with Crippen molar-refractivity contribution in [2.24, 2.45) is 23.7 Å². The van der Waals surface area contributed by atoms with Gasteiger partial charge in [0.05, 0.1) is 6.10 Å². The molecule has 1 nitrogen and oxygen atoms in total. The van der Waals surface area contributed by atoms with E-state index in [1.165, 1.54) is 83.5 Å². The zero-order valence-electron chi connectivity index (χ0n) is 13.9. The third-order valence-corrected chi connectivity index (χ3v) is 7.01. The molecule has 0 atom stereocenters. The number of aliphatic hydroxyl groups is 1. The van der Waals surface area contributed by atoms with Crippen molar-refractivity contribution in [1.29, 1.82) is 0 Å². The zero-order chi connectivity index (χ0) is 14.5. The number of hydrogen-bond donors (Lipinski definition) is 1. The van der Waals surface area contributed by atoms with E-state index in [4.69, 9.17) is 0 Å². The molecule has 0 aromatic heterocycles. The van der Waals surface area contributed by atoms with Crippen LogP contribution in [0.2, 0.25) is 0 Å². The maximum Gasteiger partial charge on any atom is 0.0540 e. The standard InChI is InChI=1S/C20H36O/c21-20-14-12-19(13-15-20)18-10-8-17(9-11-18)7-6-16-4-2-1-3-5-16/h16-21H,1-15H2. The van der Waals surface area contributed by atoms with Crippen molar-refractivity contribution in [2.75, 3.05) is 0 Å². The molecule has 3 fully saturated rings. The second-order valence-corrected chi connectivity index (χ2v) is 8.43. The van der Waals surface area contributed by atoms with Gasteiger partial charge in [0.25, 0.3) is 0 Å². The van der Waals surface area contributed by atoms with Crippen molar-refractivity contribution >= 4 is 0 Å². The van der Waals surface area contributed by atoms with Crippen molar-refractivity contribution in [3.8, 4) is 0 Å². The fourth-order valence-corrected chi connectivity index (χ4v) is 5.47. The number of hydrogen-bond acceptors (Lipinski definition) is 1. The largest absolute Gasteiger partial charge is 0.393 e. The molecule has 0 amide bonds. The molecule has 3 saturated carbocycles. The molecule has 0 spiro atoms. The molecule has 122 valence electrons. The molecule has 0 heterocycles. The van der Waals surface area contributed by atoms with Crippen LogP contribution in [0.25, 0.3) is 0 Å². The van der Waals surface area contributed by atoms with Crippen molar-refractivity contribution in [1.82, 2.24) is 0 Å². The van der Waals surface area contributed by atoms with Gasteiger partial charge in [-0.15, -0.1) is 0 Å². The van der Waals surface area contributed by atoms with Crippen LogP contribution in [0.3, 0.4) is 0 Å². The number of rotatable bonds is 4. The molecular formula is C20H36O. The maximum atomic E-state index is 9.66. The third kappa shape index (κ3) is 4.71. The molecule has 0 aliphatic heterocycles. The first kappa shape index (κ1) is 15.8. The first-order chi connectivity index (χ1) is 10.3. The van der Waals surface area contributed by atoms with Gasteiger partial charge >= 0.3 is 0 Å². The van der Waals surface area contributed by atoms with Crippen LogP contribution in [0.5, 0.6) is 0 Å². The second kappa shape index (κ2) is 7.99. The highest BCUT2D eigenvalue weighted by Crippen LogP contribution is 2.41. The van der Waals surface area contributed by atoms with Gasteiger partial charge in [-0.25, -0.2) is 0 Å². The van der Waals surface area contributed by atoms with E-state index >= 15 is 0 Å². The SMILES string of the molecule is OC1CCC(C2CCC(CCC3CCCCC3)CC2)CC1. The van der Waals surface area contributed by atoms with Crippen molar-refractivity contribution in [3.63, 3.8) is 0 Å². The molecule has 0 unspecified atom stereocenters. The zero-order valence-corrected chi connectivity index (χ0v) is 13.9. The van der Waals surface area contributed by atoms with Gasteiger partial charge in [0, 0.05) is 0 Å². The maximum absolute atomic E-state index is 9.66. The van der Waals surface area contributed by atoms with Gasteiger partial charge in [-0.1, -0.05) is 57.8 Å². The van der Waals surface area contributed by atoms with Crippen LogP contribution in [0.15, 0.2) is 0 Å². The lowest BCUT2D eigenvalue weighted by Gasteiger charge is -2.37. The average Bonchev–Trinajstić information content (AvgIpc) is 2.55. The quantitative estimate of drug-likeness (QED) is 0.704. The van der Waals surface area contributed by atoms with E-state index in [1.54, 1.807) is 0 Å². The summed E-state index contributed by atoms with van der Waals surface area (Å²) in [4.78, 5) is 0. The smallest absolute Gasteiger partial charge is 0.0540 e. The fraction of sp³-hybridized carbons (Fsp3) is 1.00. The lowest BCUT2D eigenvalue weighted by Crippen LogP contribution is -2.27. The molecule has 0 aromatic rings. The minimum absolute atomic E-state index is 0.0214. The Kier molecular flexibility index (Phi) is 6.03. The predicted molar refractivity (Wildman–Crippen MR) is 89.2 cm³/mol. The predicted octanol–water partition coefficient (Wildman–Crippen LogP) is 5.70. The Morgan fingerprint density at radius 1 is 0.524 bits per heavy atom. The topological polar surface area (TPSA) is 20.2 Å². The van der Waals surface area contributed by atoms with E-state index in [9.17, 15) is 5.11 Å². The summed E-state index contributed by atoms with van der Waals surface area (Å²) in [6, 6.07) is 0. The van der Waals surface area contributed by atoms with Gasteiger partial charge in [-0.05, 0) is 62.2 Å². The summed E-state index contributed by atoms with van der Waals surface area (Å²) in [5.41, 5.74) is 0. The van der Waals surface area contributed by atoms with Crippen molar-refractivity contribution in [3.05, 3.63) is 0 Å². The van der Waals surface area contributed by atoms with Gasteiger partial charge in [-0.2, -0.15) is 0 Å². The van der Waals surface area contributed by atoms with Crippen LogP contribution in [-0.4, -0.2) is 11.2 Å². The van der Waals surface area contributed by atoms with Crippen LogP contribution in [0, 0.1) is 23.7 Å². The van der Waals surface area contributed by atoms with Crippen LogP contribution >= 0.6 is 0 Å². The van der Waals surface area contributed by atoms with E-state index < -0.39 is 0 Å². The summed E-state index contributed by atoms with van der Waals surface area (Å²) in [5, 5.41) is 9.66. The lowest BCUT2D eigenvalue weighted by molar-refractivity contribution is 0.0758. The van der Waals surface area contributed by atoms with E-state index in [-0.39, 0.29) is 6.10 Å². The Bertz CT molecular complexity index is 278. The highest BCUT2D eigenvalue weighted by Gasteiger charge is 2.30. The fourth-order valence-electron chi connectivity index (χ4n) is 5.47. The van der Waals surface area contributed by atoms with Gasteiger partial charge in [0.1, 0.15) is 0 Å². The molecule has 1 heteroatoms. The van der Waals surface area contributed by atoms with E-state index in [2.05, 4.69) is 0 Å². The van der Waals surface area contributed by atoms with E-state index in [0.29, 0.717) is 0 Å². The van der Waals surface area contributed by atoms with Crippen molar-refractivity contribution < 1.29 is 5.11 Å². The number of aliphatic hydroxyl groups excluding tert-OH is 1. The molecule has 0 bridgehead atoms. The molecule has 1 N–H and O–H groups in total. The van der Waals surface area contributed by atoms with Crippen molar-refractivity contribution in [2.45, 2.75) is 102 Å².